The molecule has 0 saturated carbocycles. The molecule has 1 aromatic carbocycles. The van der Waals surface area contributed by atoms with Crippen molar-refractivity contribution in [3.8, 4) is 0 Å². The number of nitrogens with zero attached hydrogens (tertiary/aromatic N) is 1. The van der Waals surface area contributed by atoms with Crippen LogP contribution in [0.2, 0.25) is 0 Å². The predicted molar refractivity (Wildman–Crippen MR) is 72.5 cm³/mol. The van der Waals surface area contributed by atoms with E-state index in [4.69, 9.17) is 5.73 Å². The summed E-state index contributed by atoms with van der Waals surface area (Å²) >= 11 is 0. The number of alkyl halides is 3. The third-order valence-corrected chi connectivity index (χ3v) is 5.50. The molecule has 0 spiro atoms. The van der Waals surface area contributed by atoms with Crippen molar-refractivity contribution < 1.29 is 26.4 Å². The van der Waals surface area contributed by atoms with Crippen LogP contribution in [0, 0.1) is 5.92 Å². The number of sulfonamides is 1. The van der Waals surface area contributed by atoms with Crippen LogP contribution in [0.25, 0.3) is 0 Å². The molecule has 2 rings (SSSR count). The predicted octanol–water partition coefficient (Wildman–Crippen LogP) is 1.75. The summed E-state index contributed by atoms with van der Waals surface area (Å²) in [5, 5.41) is 0. The lowest BCUT2D eigenvalue weighted by Crippen LogP contribution is -2.44. The quantitative estimate of drug-likeness (QED) is 0.913. The fourth-order valence-electron chi connectivity index (χ4n) is 2.37. The Morgan fingerprint density at radius 1 is 1.23 bits per heavy atom. The van der Waals surface area contributed by atoms with E-state index >= 15 is 0 Å². The number of carbonyl (C=O) groups is 1. The van der Waals surface area contributed by atoms with Gasteiger partial charge >= 0.3 is 6.18 Å². The van der Waals surface area contributed by atoms with Gasteiger partial charge in [0.25, 0.3) is 0 Å². The van der Waals surface area contributed by atoms with Crippen molar-refractivity contribution in [3.63, 3.8) is 0 Å². The molecule has 1 unspecified atom stereocenters. The Morgan fingerprint density at radius 2 is 1.82 bits per heavy atom. The number of benzene rings is 1. The van der Waals surface area contributed by atoms with Gasteiger partial charge in [-0.05, 0) is 37.1 Å². The maximum atomic E-state index is 12.8. The molecule has 1 aliphatic rings. The van der Waals surface area contributed by atoms with Gasteiger partial charge in [-0.25, -0.2) is 8.42 Å². The third kappa shape index (κ3) is 3.41. The molecule has 0 radical (unpaired) electrons. The van der Waals surface area contributed by atoms with Gasteiger partial charge in [-0.2, -0.15) is 17.5 Å². The van der Waals surface area contributed by atoms with Gasteiger partial charge in [0.05, 0.1) is 10.8 Å². The number of amides is 1. The van der Waals surface area contributed by atoms with E-state index < -0.39 is 34.6 Å². The molecular weight excluding hydrogens is 321 g/mol. The number of primary amides is 1. The van der Waals surface area contributed by atoms with Crippen molar-refractivity contribution in [1.82, 2.24) is 4.31 Å². The molecule has 1 fully saturated rings. The molecule has 1 aromatic rings. The van der Waals surface area contributed by atoms with Crippen LogP contribution in [-0.4, -0.2) is 37.9 Å². The number of piperidine rings is 1. The second-order valence-corrected chi connectivity index (χ2v) is 7.07. The molecule has 5 nitrogen and oxygen atoms in total. The number of hydrogen-bond donors (Lipinski definition) is 1. The first-order valence-corrected chi connectivity index (χ1v) is 8.03. The van der Waals surface area contributed by atoms with Crippen molar-refractivity contribution in [2.24, 2.45) is 11.7 Å². The highest BCUT2D eigenvalue weighted by Crippen LogP contribution is 2.34. The molecule has 0 bridgehead atoms. The number of rotatable bonds is 3. The van der Waals surface area contributed by atoms with Crippen molar-refractivity contribution in [2.45, 2.75) is 23.9 Å². The molecule has 122 valence electrons. The highest BCUT2D eigenvalue weighted by molar-refractivity contribution is 7.89. The van der Waals surface area contributed by atoms with Crippen LogP contribution >= 0.6 is 0 Å². The number of carbonyl (C=O) groups excluding carboxylic acids is 1. The summed E-state index contributed by atoms with van der Waals surface area (Å²) in [6, 6.07) is 4.82. The third-order valence-electron chi connectivity index (χ3n) is 3.62. The lowest BCUT2D eigenvalue weighted by molar-refractivity contribution is -0.182. The van der Waals surface area contributed by atoms with Gasteiger partial charge in [0.1, 0.15) is 0 Å². The highest BCUT2D eigenvalue weighted by atomic mass is 32.2. The van der Waals surface area contributed by atoms with Crippen LogP contribution in [0.5, 0.6) is 0 Å². The zero-order valence-corrected chi connectivity index (χ0v) is 12.3. The van der Waals surface area contributed by atoms with E-state index in [9.17, 15) is 26.4 Å². The molecule has 2 N–H and O–H groups in total. The zero-order valence-electron chi connectivity index (χ0n) is 11.5. The first-order valence-electron chi connectivity index (χ1n) is 6.59. The first-order chi connectivity index (χ1) is 10.1. The Hall–Kier alpha value is -1.61. The van der Waals surface area contributed by atoms with Crippen LogP contribution in [0.15, 0.2) is 29.2 Å². The molecule has 0 aliphatic carbocycles. The SMILES string of the molecule is NC(=O)c1ccc(S(=O)(=O)N2CCCC(C(F)(F)F)C2)cc1. The van der Waals surface area contributed by atoms with Crippen LogP contribution in [0.1, 0.15) is 23.2 Å². The van der Waals surface area contributed by atoms with Gasteiger partial charge in [-0.3, -0.25) is 4.79 Å². The van der Waals surface area contributed by atoms with E-state index in [1.807, 2.05) is 0 Å². The molecular formula is C13H15F3N2O3S. The average molecular weight is 336 g/mol. The van der Waals surface area contributed by atoms with Gasteiger partial charge in [-0.1, -0.05) is 0 Å². The maximum Gasteiger partial charge on any atom is 0.393 e. The summed E-state index contributed by atoms with van der Waals surface area (Å²) in [6.07, 6.45) is -4.33. The van der Waals surface area contributed by atoms with Crippen molar-refractivity contribution in [3.05, 3.63) is 29.8 Å². The Morgan fingerprint density at radius 3 is 2.32 bits per heavy atom. The van der Waals surface area contributed by atoms with Gasteiger partial charge in [0, 0.05) is 18.7 Å². The normalized spacial score (nSPS) is 20.8. The summed E-state index contributed by atoms with van der Waals surface area (Å²) in [4.78, 5) is 10.8. The minimum Gasteiger partial charge on any atom is -0.366 e. The summed E-state index contributed by atoms with van der Waals surface area (Å²) in [5.41, 5.74) is 5.19. The average Bonchev–Trinajstić information content (AvgIpc) is 2.46. The summed E-state index contributed by atoms with van der Waals surface area (Å²) < 4.78 is 63.9. The Labute approximate surface area is 125 Å². The fraction of sp³-hybridized carbons (Fsp3) is 0.462. The maximum absolute atomic E-state index is 12.8. The van der Waals surface area contributed by atoms with E-state index in [0.717, 1.165) is 4.31 Å². The Bertz CT molecular complexity index is 656. The standard InChI is InChI=1S/C13H15F3N2O3S/c14-13(15,16)10-2-1-7-18(8-10)22(20,21)11-5-3-9(4-6-11)12(17)19/h3-6,10H,1-2,7-8H2,(H2,17,19). The molecule has 22 heavy (non-hydrogen) atoms. The minimum atomic E-state index is -4.41. The van der Waals surface area contributed by atoms with Gasteiger partial charge in [0.15, 0.2) is 0 Å². The Kier molecular flexibility index (Phi) is 4.48. The fourth-order valence-corrected chi connectivity index (χ4v) is 3.89. The first kappa shape index (κ1) is 16.8. The molecule has 1 aliphatic heterocycles. The number of hydrogen-bond acceptors (Lipinski definition) is 3. The molecule has 9 heteroatoms. The Balaban J connectivity index is 2.24. The summed E-state index contributed by atoms with van der Waals surface area (Å²) in [7, 11) is -4.02. The second kappa shape index (κ2) is 5.88. The van der Waals surface area contributed by atoms with Crippen molar-refractivity contribution in [2.75, 3.05) is 13.1 Å². The summed E-state index contributed by atoms with van der Waals surface area (Å²) in [5.74, 6) is -2.36. The lowest BCUT2D eigenvalue weighted by Gasteiger charge is -2.32. The van der Waals surface area contributed by atoms with Crippen LogP contribution in [-0.2, 0) is 10.0 Å². The molecule has 1 heterocycles. The van der Waals surface area contributed by atoms with Gasteiger partial charge < -0.3 is 5.73 Å². The highest BCUT2D eigenvalue weighted by Gasteiger charge is 2.44. The van der Waals surface area contributed by atoms with Crippen molar-refractivity contribution in [1.29, 1.82) is 0 Å². The molecule has 1 saturated heterocycles. The van der Waals surface area contributed by atoms with Crippen LogP contribution in [0.4, 0.5) is 13.2 Å². The smallest absolute Gasteiger partial charge is 0.366 e. The van der Waals surface area contributed by atoms with E-state index in [0.29, 0.717) is 0 Å². The lowest BCUT2D eigenvalue weighted by atomic mass is 9.99. The number of nitrogens with two attached hydrogens (primary N) is 1. The van der Waals surface area contributed by atoms with E-state index in [1.54, 1.807) is 0 Å². The van der Waals surface area contributed by atoms with E-state index in [2.05, 4.69) is 0 Å². The van der Waals surface area contributed by atoms with Gasteiger partial charge in [-0.15, -0.1) is 0 Å². The molecule has 1 atom stereocenters. The zero-order chi connectivity index (χ0) is 16.5. The van der Waals surface area contributed by atoms with Crippen LogP contribution < -0.4 is 5.73 Å². The van der Waals surface area contributed by atoms with Crippen molar-refractivity contribution >= 4 is 15.9 Å². The summed E-state index contributed by atoms with van der Waals surface area (Å²) in [6.45, 7) is -0.532. The van der Waals surface area contributed by atoms with E-state index in [1.165, 1.54) is 24.3 Å². The monoisotopic (exact) mass is 336 g/mol. The minimum absolute atomic E-state index is 0.0481. The molecule has 0 aromatic heterocycles. The second-order valence-electron chi connectivity index (χ2n) is 5.13. The molecule has 1 amide bonds. The largest absolute Gasteiger partial charge is 0.393 e. The number of halogens is 3. The van der Waals surface area contributed by atoms with Crippen LogP contribution in [0.3, 0.4) is 0 Å². The van der Waals surface area contributed by atoms with E-state index in [-0.39, 0.29) is 29.8 Å². The van der Waals surface area contributed by atoms with Gasteiger partial charge in [0.2, 0.25) is 15.9 Å². The topological polar surface area (TPSA) is 80.5 Å².